The van der Waals surface area contributed by atoms with Crippen molar-refractivity contribution in [2.24, 2.45) is 5.73 Å². The molecule has 0 amide bonds. The molecule has 0 atom stereocenters. The fourth-order valence-electron chi connectivity index (χ4n) is 2.07. The third-order valence-electron chi connectivity index (χ3n) is 3.23. The van der Waals surface area contributed by atoms with E-state index in [-0.39, 0.29) is 5.41 Å². The Morgan fingerprint density at radius 3 is 2.31 bits per heavy atom. The van der Waals surface area contributed by atoms with Crippen LogP contribution in [0.25, 0.3) is 0 Å². The van der Waals surface area contributed by atoms with Crippen LogP contribution in [0, 0.1) is 0 Å². The van der Waals surface area contributed by atoms with E-state index in [1.54, 1.807) is 0 Å². The van der Waals surface area contributed by atoms with Crippen molar-refractivity contribution in [3.8, 4) is 0 Å². The lowest BCUT2D eigenvalue weighted by atomic mass is 9.86. The number of aromatic nitrogens is 2. The summed E-state index contributed by atoms with van der Waals surface area (Å²) in [5, 5.41) is 4.06. The zero-order valence-electron chi connectivity index (χ0n) is 10.4. The molecule has 1 aromatic heterocycles. The van der Waals surface area contributed by atoms with E-state index >= 15 is 0 Å². The molecule has 1 aliphatic carbocycles. The molecule has 0 unspecified atom stereocenters. The van der Waals surface area contributed by atoms with E-state index in [4.69, 9.17) is 10.3 Å². The second-order valence-corrected chi connectivity index (χ2v) is 5.82. The van der Waals surface area contributed by atoms with Gasteiger partial charge in [0.05, 0.1) is 0 Å². The van der Waals surface area contributed by atoms with Gasteiger partial charge in [0, 0.05) is 17.4 Å². The van der Waals surface area contributed by atoms with E-state index in [0.29, 0.717) is 12.0 Å². The third kappa shape index (κ3) is 2.43. The number of hydrogen-bond donors (Lipinski definition) is 1. The topological polar surface area (TPSA) is 64.9 Å². The van der Waals surface area contributed by atoms with Crippen molar-refractivity contribution in [2.75, 3.05) is 0 Å². The largest absolute Gasteiger partial charge is 0.339 e. The molecule has 2 N–H and O–H groups in total. The summed E-state index contributed by atoms with van der Waals surface area (Å²) in [7, 11) is 0. The molecule has 4 heteroatoms. The predicted molar refractivity (Wildman–Crippen MR) is 62.2 cm³/mol. The van der Waals surface area contributed by atoms with Crippen molar-refractivity contribution < 1.29 is 4.52 Å². The van der Waals surface area contributed by atoms with Crippen LogP contribution < -0.4 is 5.73 Å². The Balaban J connectivity index is 2.08. The molecule has 1 heterocycles. The lowest BCUT2D eigenvalue weighted by molar-refractivity contribution is 0.297. The van der Waals surface area contributed by atoms with Gasteiger partial charge in [0.2, 0.25) is 5.89 Å². The van der Waals surface area contributed by atoms with Gasteiger partial charge in [-0.2, -0.15) is 4.98 Å². The second kappa shape index (κ2) is 4.17. The normalized spacial score (nSPS) is 27.0. The summed E-state index contributed by atoms with van der Waals surface area (Å²) in [6.07, 6.45) is 4.29. The monoisotopic (exact) mass is 223 g/mol. The number of hydrogen-bond acceptors (Lipinski definition) is 4. The summed E-state index contributed by atoms with van der Waals surface area (Å²) >= 11 is 0. The van der Waals surface area contributed by atoms with Gasteiger partial charge in [0.1, 0.15) is 0 Å². The summed E-state index contributed by atoms with van der Waals surface area (Å²) in [6, 6.07) is 0.362. The van der Waals surface area contributed by atoms with Gasteiger partial charge in [-0.3, -0.25) is 0 Å². The lowest BCUT2D eigenvalue weighted by Gasteiger charge is -2.23. The zero-order valence-corrected chi connectivity index (χ0v) is 10.4. The van der Waals surface area contributed by atoms with Crippen molar-refractivity contribution >= 4 is 0 Å². The average molecular weight is 223 g/mol. The Bertz CT molecular complexity index is 345. The molecule has 90 valence electrons. The summed E-state index contributed by atoms with van der Waals surface area (Å²) in [4.78, 5) is 4.51. The Labute approximate surface area is 96.6 Å². The van der Waals surface area contributed by atoms with Crippen LogP contribution >= 0.6 is 0 Å². The minimum atomic E-state index is -0.0349. The maximum atomic E-state index is 5.88. The first-order valence-corrected chi connectivity index (χ1v) is 6.06. The third-order valence-corrected chi connectivity index (χ3v) is 3.23. The predicted octanol–water partition coefficient (Wildman–Crippen LogP) is 2.35. The second-order valence-electron chi connectivity index (χ2n) is 5.82. The molecular formula is C12H21N3O. The molecule has 2 rings (SSSR count). The van der Waals surface area contributed by atoms with E-state index in [9.17, 15) is 0 Å². The van der Waals surface area contributed by atoms with Gasteiger partial charge in [0.25, 0.3) is 0 Å². The van der Waals surface area contributed by atoms with Crippen LogP contribution in [-0.4, -0.2) is 16.2 Å². The highest BCUT2D eigenvalue weighted by atomic mass is 16.5. The minimum absolute atomic E-state index is 0.0349. The quantitative estimate of drug-likeness (QED) is 0.793. The van der Waals surface area contributed by atoms with E-state index < -0.39 is 0 Å². The van der Waals surface area contributed by atoms with Gasteiger partial charge in [0.15, 0.2) is 5.82 Å². The number of rotatable bonds is 1. The summed E-state index contributed by atoms with van der Waals surface area (Å²) in [6.45, 7) is 6.29. The Morgan fingerprint density at radius 2 is 1.81 bits per heavy atom. The van der Waals surface area contributed by atoms with Crippen LogP contribution in [0.15, 0.2) is 4.52 Å². The molecule has 0 spiro atoms. The SMILES string of the molecule is CC(C)(C)c1noc(C2CCC(N)CC2)n1. The molecular weight excluding hydrogens is 202 g/mol. The van der Waals surface area contributed by atoms with E-state index in [2.05, 4.69) is 30.9 Å². The van der Waals surface area contributed by atoms with E-state index in [0.717, 1.165) is 37.4 Å². The molecule has 4 nitrogen and oxygen atoms in total. The number of nitrogens with zero attached hydrogens (tertiary/aromatic N) is 2. The molecule has 0 radical (unpaired) electrons. The fraction of sp³-hybridized carbons (Fsp3) is 0.833. The van der Waals surface area contributed by atoms with Crippen molar-refractivity contribution in [3.63, 3.8) is 0 Å². The van der Waals surface area contributed by atoms with Crippen LogP contribution in [0.1, 0.15) is 64.1 Å². The first-order valence-electron chi connectivity index (χ1n) is 6.06. The maximum absolute atomic E-state index is 5.88. The van der Waals surface area contributed by atoms with E-state index in [1.807, 2.05) is 0 Å². The zero-order chi connectivity index (χ0) is 11.8. The first kappa shape index (κ1) is 11.6. The highest BCUT2D eigenvalue weighted by Gasteiger charge is 2.27. The molecule has 1 saturated carbocycles. The van der Waals surface area contributed by atoms with Crippen LogP contribution in [0.3, 0.4) is 0 Å². The van der Waals surface area contributed by atoms with Crippen molar-refractivity contribution in [1.29, 1.82) is 0 Å². The van der Waals surface area contributed by atoms with Gasteiger partial charge in [-0.05, 0) is 25.7 Å². The van der Waals surface area contributed by atoms with Gasteiger partial charge < -0.3 is 10.3 Å². The fourth-order valence-corrected chi connectivity index (χ4v) is 2.07. The minimum Gasteiger partial charge on any atom is -0.339 e. The molecule has 16 heavy (non-hydrogen) atoms. The summed E-state index contributed by atoms with van der Waals surface area (Å²) < 4.78 is 5.36. The van der Waals surface area contributed by atoms with Crippen LogP contribution in [0.4, 0.5) is 0 Å². The lowest BCUT2D eigenvalue weighted by Crippen LogP contribution is -2.25. The van der Waals surface area contributed by atoms with Crippen LogP contribution in [0.2, 0.25) is 0 Å². The molecule has 1 aromatic rings. The van der Waals surface area contributed by atoms with Crippen molar-refractivity contribution in [1.82, 2.24) is 10.1 Å². The highest BCUT2D eigenvalue weighted by Crippen LogP contribution is 2.32. The van der Waals surface area contributed by atoms with Crippen molar-refractivity contribution in [3.05, 3.63) is 11.7 Å². The van der Waals surface area contributed by atoms with Gasteiger partial charge in [-0.15, -0.1) is 0 Å². The van der Waals surface area contributed by atoms with Crippen LogP contribution in [0.5, 0.6) is 0 Å². The van der Waals surface area contributed by atoms with Gasteiger partial charge >= 0.3 is 0 Å². The molecule has 0 saturated heterocycles. The molecule has 0 aliphatic heterocycles. The number of nitrogens with two attached hydrogens (primary N) is 1. The first-order chi connectivity index (χ1) is 7.47. The maximum Gasteiger partial charge on any atom is 0.229 e. The van der Waals surface area contributed by atoms with E-state index in [1.165, 1.54) is 0 Å². The summed E-state index contributed by atoms with van der Waals surface area (Å²) in [5.41, 5.74) is 5.85. The highest BCUT2D eigenvalue weighted by molar-refractivity contribution is 5.03. The van der Waals surface area contributed by atoms with Gasteiger partial charge in [-0.1, -0.05) is 25.9 Å². The smallest absolute Gasteiger partial charge is 0.229 e. The molecule has 1 fully saturated rings. The Morgan fingerprint density at radius 1 is 1.19 bits per heavy atom. The Hall–Kier alpha value is -0.900. The molecule has 0 aromatic carbocycles. The standard InChI is InChI=1S/C12H21N3O/c1-12(2,3)11-14-10(16-15-11)8-4-6-9(13)7-5-8/h8-9H,4-7,13H2,1-3H3. The van der Waals surface area contributed by atoms with Crippen molar-refractivity contribution in [2.45, 2.75) is 63.8 Å². The van der Waals surface area contributed by atoms with Crippen LogP contribution in [-0.2, 0) is 5.41 Å². The summed E-state index contributed by atoms with van der Waals surface area (Å²) in [5.74, 6) is 2.03. The average Bonchev–Trinajstić information content (AvgIpc) is 2.67. The molecule has 0 bridgehead atoms. The van der Waals surface area contributed by atoms with Gasteiger partial charge in [-0.25, -0.2) is 0 Å². The molecule has 1 aliphatic rings. The Kier molecular flexibility index (Phi) is 3.02.